The summed E-state index contributed by atoms with van der Waals surface area (Å²) >= 11 is 0. The van der Waals surface area contributed by atoms with E-state index in [1.165, 1.54) is 55.3 Å². The lowest BCUT2D eigenvalue weighted by Gasteiger charge is -2.32. The molecule has 17 heteroatoms. The molecule has 1 saturated heterocycles. The van der Waals surface area contributed by atoms with Gasteiger partial charge in [0.05, 0.1) is 0 Å². The number of carboxylic acid groups (broad SMARTS) is 1. The van der Waals surface area contributed by atoms with Gasteiger partial charge in [-0.25, -0.2) is 9.59 Å². The van der Waals surface area contributed by atoms with Gasteiger partial charge in [-0.3, -0.25) is 24.0 Å². The van der Waals surface area contributed by atoms with Gasteiger partial charge in [0, 0.05) is 26.4 Å². The fourth-order valence-corrected chi connectivity index (χ4v) is 6.92. The lowest BCUT2D eigenvalue weighted by Crippen LogP contribution is -2.60. The number of carbonyl (C=O) groups excluding carboxylic acids is 6. The summed E-state index contributed by atoms with van der Waals surface area (Å²) in [4.78, 5) is 96.7. The van der Waals surface area contributed by atoms with Crippen molar-refractivity contribution in [1.82, 2.24) is 36.8 Å². The van der Waals surface area contributed by atoms with Crippen LogP contribution in [0, 0.1) is 5.92 Å². The van der Waals surface area contributed by atoms with E-state index in [2.05, 4.69) is 31.9 Å². The van der Waals surface area contributed by atoms with Crippen molar-refractivity contribution < 1.29 is 48.9 Å². The normalized spacial score (nSPS) is 22.0. The molecule has 1 heterocycles. The number of aryl methyl sites for hydroxylation is 1. The first kappa shape index (κ1) is 48.0. The zero-order valence-electron chi connectivity index (χ0n) is 35.6. The number of phenols is 2. The Morgan fingerprint density at radius 2 is 1.39 bits per heavy atom. The Morgan fingerprint density at radius 1 is 0.774 bits per heavy atom. The second-order valence-electron chi connectivity index (χ2n) is 15.7. The van der Waals surface area contributed by atoms with Crippen molar-refractivity contribution in [2.75, 3.05) is 13.6 Å². The van der Waals surface area contributed by atoms with E-state index in [0.717, 1.165) is 11.1 Å². The van der Waals surface area contributed by atoms with Crippen molar-refractivity contribution in [2.24, 2.45) is 5.92 Å². The molecule has 334 valence electrons. The van der Waals surface area contributed by atoms with E-state index >= 15 is 0 Å². The van der Waals surface area contributed by atoms with Crippen molar-refractivity contribution in [2.45, 2.75) is 108 Å². The average molecular weight is 858 g/mol. The first-order valence-corrected chi connectivity index (χ1v) is 20.9. The number of hydrogen-bond donors (Lipinski definition) is 9. The van der Waals surface area contributed by atoms with E-state index in [0.29, 0.717) is 24.8 Å². The van der Waals surface area contributed by atoms with Crippen LogP contribution in [0.15, 0.2) is 78.9 Å². The molecule has 17 nitrogen and oxygen atoms in total. The number of amides is 7. The summed E-state index contributed by atoms with van der Waals surface area (Å²) in [5.41, 5.74) is 2.06. The molecule has 0 radical (unpaired) electrons. The highest BCUT2D eigenvalue weighted by Gasteiger charge is 2.36. The summed E-state index contributed by atoms with van der Waals surface area (Å²) < 4.78 is 0. The molecule has 4 unspecified atom stereocenters. The third kappa shape index (κ3) is 14.5. The Labute approximate surface area is 361 Å². The van der Waals surface area contributed by atoms with Gasteiger partial charge in [0.25, 0.3) is 0 Å². The highest BCUT2D eigenvalue weighted by atomic mass is 16.4. The van der Waals surface area contributed by atoms with Crippen LogP contribution in [-0.2, 0) is 48.0 Å². The predicted octanol–water partition coefficient (Wildman–Crippen LogP) is 2.28. The van der Waals surface area contributed by atoms with Crippen LogP contribution >= 0.6 is 0 Å². The van der Waals surface area contributed by atoms with Gasteiger partial charge in [-0.1, -0.05) is 74.9 Å². The number of likely N-dealkylation sites (N-methyl/N-ethyl adjacent to an activating group) is 1. The van der Waals surface area contributed by atoms with E-state index < -0.39 is 83.7 Å². The van der Waals surface area contributed by atoms with Crippen LogP contribution in [0.1, 0.15) is 69.6 Å². The summed E-state index contributed by atoms with van der Waals surface area (Å²) in [5, 5.41) is 45.6. The number of aromatic hydroxyl groups is 2. The topological polar surface area (TPSA) is 256 Å². The third-order valence-corrected chi connectivity index (χ3v) is 11.1. The molecule has 1 aliphatic heterocycles. The van der Waals surface area contributed by atoms with Crippen molar-refractivity contribution in [3.63, 3.8) is 0 Å². The van der Waals surface area contributed by atoms with Crippen LogP contribution in [0.2, 0.25) is 0 Å². The first-order valence-electron chi connectivity index (χ1n) is 20.9. The largest absolute Gasteiger partial charge is 0.508 e. The predicted molar refractivity (Wildman–Crippen MR) is 230 cm³/mol. The van der Waals surface area contributed by atoms with Gasteiger partial charge in [0.1, 0.15) is 47.8 Å². The number of phenolic OH excluding ortho intramolecular Hbond substituents is 2. The molecule has 1 fully saturated rings. The molecular formula is C45H59N7O10. The number of benzene rings is 3. The summed E-state index contributed by atoms with van der Waals surface area (Å²) in [7, 11) is 1.43. The van der Waals surface area contributed by atoms with E-state index in [1.807, 2.05) is 37.3 Å². The van der Waals surface area contributed by atoms with Gasteiger partial charge in [-0.2, -0.15) is 0 Å². The maximum atomic E-state index is 14.3. The maximum Gasteiger partial charge on any atom is 0.326 e. The molecule has 4 rings (SSSR count). The van der Waals surface area contributed by atoms with Crippen LogP contribution in [0.25, 0.3) is 0 Å². The summed E-state index contributed by atoms with van der Waals surface area (Å²) in [6.45, 7) is 5.23. The van der Waals surface area contributed by atoms with E-state index in [4.69, 9.17) is 0 Å². The molecule has 0 aromatic heterocycles. The van der Waals surface area contributed by atoms with Gasteiger partial charge in [-0.05, 0) is 85.9 Å². The van der Waals surface area contributed by atoms with Crippen LogP contribution in [0.5, 0.6) is 11.5 Å². The minimum atomic E-state index is -1.40. The summed E-state index contributed by atoms with van der Waals surface area (Å²) in [6, 6.07) is 13.2. The zero-order valence-corrected chi connectivity index (χ0v) is 35.6. The van der Waals surface area contributed by atoms with Crippen molar-refractivity contribution in [3.8, 4) is 11.5 Å². The lowest BCUT2D eigenvalue weighted by atomic mass is 9.96. The molecule has 3 aromatic rings. The number of nitrogens with zero attached hydrogens (tertiary/aromatic N) is 1. The molecule has 7 amide bonds. The quantitative estimate of drug-likeness (QED) is 0.129. The molecule has 0 aliphatic carbocycles. The minimum absolute atomic E-state index is 0.0141. The molecule has 9 N–H and O–H groups in total. The minimum Gasteiger partial charge on any atom is -0.508 e. The Balaban J connectivity index is 1.65. The van der Waals surface area contributed by atoms with Crippen molar-refractivity contribution in [1.29, 1.82) is 0 Å². The van der Waals surface area contributed by atoms with Gasteiger partial charge in [-0.15, -0.1) is 0 Å². The molecule has 7 atom stereocenters. The van der Waals surface area contributed by atoms with Crippen LogP contribution in [0.3, 0.4) is 0 Å². The molecule has 1 aliphatic rings. The maximum absolute atomic E-state index is 14.3. The van der Waals surface area contributed by atoms with Crippen LogP contribution in [-0.4, -0.2) is 112 Å². The highest BCUT2D eigenvalue weighted by molar-refractivity contribution is 5.96. The van der Waals surface area contributed by atoms with Crippen LogP contribution < -0.4 is 31.9 Å². The zero-order chi connectivity index (χ0) is 45.3. The second-order valence-corrected chi connectivity index (χ2v) is 15.7. The smallest absolute Gasteiger partial charge is 0.326 e. The van der Waals surface area contributed by atoms with Gasteiger partial charge in [0.2, 0.25) is 29.5 Å². The average Bonchev–Trinajstić information content (AvgIpc) is 3.25. The van der Waals surface area contributed by atoms with Crippen molar-refractivity contribution >= 4 is 41.5 Å². The number of aliphatic carboxylic acids is 1. The van der Waals surface area contributed by atoms with Crippen molar-refractivity contribution in [3.05, 3.63) is 95.6 Å². The number of carboxylic acids is 1. The summed E-state index contributed by atoms with van der Waals surface area (Å²) in [6.07, 6.45) is 1.49. The number of urea groups is 1. The molecule has 0 bridgehead atoms. The standard InChI is InChI=1S/C45H59N7O10/c1-5-27(2)38-42(58)47-35(23-18-29-14-19-32(53)20-15-29)43(59)52(4)28(3)39(55)48-36(25-30-11-7-6-8-12-30)40(56)46-24-10-9-13-34(41(57)51-38)49-45(62)50-37(44(60)61)26-31-16-21-33(54)22-17-31/h6-8,11-12,14-17,19-22,27-28,34-38,53-54H,5,9-10,13,18,23-26H2,1-4H3,(H,46,56)(H,47,58)(H,48,55)(H,51,57)(H,60,61)(H2,49,50,62)/t27?,28?,34-,35?,36+,37?,38+/m1/s1. The molecule has 62 heavy (non-hydrogen) atoms. The Bertz CT molecular complexity index is 2000. The molecule has 0 saturated carbocycles. The number of rotatable bonds is 12. The monoisotopic (exact) mass is 857 g/mol. The first-order chi connectivity index (χ1) is 29.6. The Kier molecular flexibility index (Phi) is 18.1. The molecule has 0 spiro atoms. The van der Waals surface area contributed by atoms with Gasteiger partial charge in [0.15, 0.2) is 0 Å². The molecule has 3 aromatic carbocycles. The SMILES string of the molecule is CCC(C)[C@@H]1NC(=O)[C@H](NC(=O)NC(Cc2ccc(O)cc2)C(=O)O)CCCCNC(=O)[C@H](Cc2ccccc2)NC(=O)C(C)N(C)C(=O)C(CCc2ccc(O)cc2)NC1=O. The second kappa shape index (κ2) is 23.4. The van der Waals surface area contributed by atoms with E-state index in [9.17, 15) is 48.9 Å². The number of nitrogens with one attached hydrogen (secondary N) is 6. The van der Waals surface area contributed by atoms with Crippen LogP contribution in [0.4, 0.5) is 4.79 Å². The molecular weight excluding hydrogens is 799 g/mol. The van der Waals surface area contributed by atoms with Gasteiger partial charge < -0.3 is 52.1 Å². The Morgan fingerprint density at radius 3 is 2.00 bits per heavy atom. The number of hydrogen-bond acceptors (Lipinski definition) is 9. The van der Waals surface area contributed by atoms with E-state index in [1.54, 1.807) is 19.1 Å². The fourth-order valence-electron chi connectivity index (χ4n) is 6.92. The Hall–Kier alpha value is -6.65. The number of carbonyl (C=O) groups is 7. The fraction of sp³-hybridized carbons (Fsp3) is 0.444. The highest BCUT2D eigenvalue weighted by Crippen LogP contribution is 2.17. The lowest BCUT2D eigenvalue weighted by molar-refractivity contribution is -0.142. The van der Waals surface area contributed by atoms with E-state index in [-0.39, 0.29) is 50.1 Å². The third-order valence-electron chi connectivity index (χ3n) is 11.1. The summed E-state index contributed by atoms with van der Waals surface area (Å²) in [5.74, 6) is -4.84. The van der Waals surface area contributed by atoms with Gasteiger partial charge >= 0.3 is 12.0 Å².